The molecule has 0 unspecified atom stereocenters. The molecule has 0 radical (unpaired) electrons. The third-order valence-electron chi connectivity index (χ3n) is 4.82. The summed E-state index contributed by atoms with van der Waals surface area (Å²) in [5, 5.41) is 5.46. The molecule has 29 heavy (non-hydrogen) atoms. The Kier molecular flexibility index (Phi) is 6.22. The molecule has 3 aromatic rings. The lowest BCUT2D eigenvalue weighted by Crippen LogP contribution is -2.48. The number of hydrogen-bond acceptors (Lipinski definition) is 5. The Morgan fingerprint density at radius 2 is 1.76 bits per heavy atom. The molecule has 0 atom stereocenters. The quantitative estimate of drug-likeness (QED) is 0.592. The first-order valence-electron chi connectivity index (χ1n) is 9.31. The van der Waals surface area contributed by atoms with Crippen molar-refractivity contribution in [3.63, 3.8) is 0 Å². The van der Waals surface area contributed by atoms with Crippen molar-refractivity contribution in [2.24, 2.45) is 0 Å². The molecule has 0 spiro atoms. The zero-order valence-electron chi connectivity index (χ0n) is 15.6. The minimum atomic E-state index is -0.227. The Morgan fingerprint density at radius 1 is 1.07 bits per heavy atom. The van der Waals surface area contributed by atoms with E-state index in [1.54, 1.807) is 12.1 Å². The summed E-state index contributed by atoms with van der Waals surface area (Å²) in [6.45, 7) is 3.53. The van der Waals surface area contributed by atoms with Gasteiger partial charge in [0.1, 0.15) is 5.82 Å². The van der Waals surface area contributed by atoms with Crippen LogP contribution in [0.1, 0.15) is 0 Å². The Hall–Kier alpha value is -2.29. The summed E-state index contributed by atoms with van der Waals surface area (Å²) in [6.07, 6.45) is 0. The third kappa shape index (κ3) is 5.20. The third-order valence-corrected chi connectivity index (χ3v) is 6.11. The van der Waals surface area contributed by atoms with Crippen LogP contribution in [0.2, 0.25) is 0 Å². The van der Waals surface area contributed by atoms with E-state index in [1.165, 1.54) is 23.5 Å². The number of nitrogens with zero attached hydrogens (tertiary/aromatic N) is 3. The summed E-state index contributed by atoms with van der Waals surface area (Å²) < 4.78 is 14.1. The number of benzene rings is 2. The summed E-state index contributed by atoms with van der Waals surface area (Å²) in [5.74, 6) is -0.286. The van der Waals surface area contributed by atoms with Crippen LogP contribution in [0.25, 0.3) is 11.3 Å². The van der Waals surface area contributed by atoms with Gasteiger partial charge in [0.2, 0.25) is 5.91 Å². The number of aromatic nitrogens is 1. The number of amides is 1. The normalized spacial score (nSPS) is 14.8. The SMILES string of the molecule is O=C(CN1CCN(c2ccc(F)cc2)CC1)Nc1nc(-c2ccc(Br)cc2)cs1. The van der Waals surface area contributed by atoms with E-state index >= 15 is 0 Å². The fourth-order valence-electron chi connectivity index (χ4n) is 3.26. The first kappa shape index (κ1) is 20.0. The van der Waals surface area contributed by atoms with E-state index in [1.807, 2.05) is 29.6 Å². The van der Waals surface area contributed by atoms with E-state index in [9.17, 15) is 9.18 Å². The number of thiazole rings is 1. The summed E-state index contributed by atoms with van der Waals surface area (Å²) in [4.78, 5) is 21.3. The van der Waals surface area contributed by atoms with Crippen molar-refractivity contribution < 1.29 is 9.18 Å². The second kappa shape index (κ2) is 9.02. The van der Waals surface area contributed by atoms with Crippen LogP contribution >= 0.6 is 27.3 Å². The molecule has 1 aliphatic heterocycles. The number of carbonyl (C=O) groups is 1. The zero-order valence-corrected chi connectivity index (χ0v) is 18.0. The molecule has 1 aromatic heterocycles. The van der Waals surface area contributed by atoms with Crippen LogP contribution in [0.15, 0.2) is 58.4 Å². The highest BCUT2D eigenvalue weighted by molar-refractivity contribution is 9.10. The van der Waals surface area contributed by atoms with Gasteiger partial charge in [-0.2, -0.15) is 0 Å². The van der Waals surface area contributed by atoms with Crippen molar-refractivity contribution in [2.45, 2.75) is 0 Å². The van der Waals surface area contributed by atoms with Crippen LogP contribution in [-0.4, -0.2) is 48.5 Å². The minimum Gasteiger partial charge on any atom is -0.369 e. The highest BCUT2D eigenvalue weighted by Crippen LogP contribution is 2.26. The molecule has 1 aliphatic rings. The van der Waals surface area contributed by atoms with Gasteiger partial charge >= 0.3 is 0 Å². The summed E-state index contributed by atoms with van der Waals surface area (Å²) in [5.41, 5.74) is 2.88. The smallest absolute Gasteiger partial charge is 0.240 e. The molecule has 1 saturated heterocycles. The largest absolute Gasteiger partial charge is 0.369 e. The number of hydrogen-bond donors (Lipinski definition) is 1. The number of nitrogens with one attached hydrogen (secondary N) is 1. The van der Waals surface area contributed by atoms with E-state index in [4.69, 9.17) is 0 Å². The van der Waals surface area contributed by atoms with Crippen LogP contribution in [0, 0.1) is 5.82 Å². The van der Waals surface area contributed by atoms with Gasteiger partial charge in [-0.3, -0.25) is 9.69 Å². The molecule has 2 heterocycles. The molecular formula is C21H20BrFN4OS. The number of piperazine rings is 1. The van der Waals surface area contributed by atoms with Gasteiger partial charge in [0.25, 0.3) is 0 Å². The van der Waals surface area contributed by atoms with Crippen molar-refractivity contribution in [1.82, 2.24) is 9.88 Å². The molecule has 150 valence electrons. The molecule has 1 fully saturated rings. The predicted molar refractivity (Wildman–Crippen MR) is 119 cm³/mol. The van der Waals surface area contributed by atoms with Gasteiger partial charge in [-0.15, -0.1) is 11.3 Å². The number of anilines is 2. The molecular weight excluding hydrogens is 455 g/mol. The van der Waals surface area contributed by atoms with Gasteiger partial charge in [-0.25, -0.2) is 9.37 Å². The monoisotopic (exact) mass is 474 g/mol. The molecule has 0 aliphatic carbocycles. The van der Waals surface area contributed by atoms with Crippen LogP contribution < -0.4 is 10.2 Å². The molecule has 1 amide bonds. The van der Waals surface area contributed by atoms with Crippen molar-refractivity contribution in [2.75, 3.05) is 42.9 Å². The van der Waals surface area contributed by atoms with Crippen LogP contribution in [-0.2, 0) is 4.79 Å². The maximum absolute atomic E-state index is 13.1. The van der Waals surface area contributed by atoms with Gasteiger partial charge in [-0.05, 0) is 36.4 Å². The molecule has 8 heteroatoms. The second-order valence-corrected chi connectivity index (χ2v) is 8.61. The van der Waals surface area contributed by atoms with E-state index in [-0.39, 0.29) is 11.7 Å². The highest BCUT2D eigenvalue weighted by Gasteiger charge is 2.20. The number of rotatable bonds is 5. The Labute approximate surface area is 181 Å². The van der Waals surface area contributed by atoms with Gasteiger partial charge < -0.3 is 10.2 Å². The molecule has 0 saturated carbocycles. The Balaban J connectivity index is 1.27. The lowest BCUT2D eigenvalue weighted by atomic mass is 10.2. The first-order chi connectivity index (χ1) is 14.1. The molecule has 5 nitrogen and oxygen atoms in total. The van der Waals surface area contributed by atoms with E-state index in [2.05, 4.69) is 36.0 Å². The van der Waals surface area contributed by atoms with E-state index in [0.717, 1.165) is 47.6 Å². The van der Waals surface area contributed by atoms with Gasteiger partial charge in [0.05, 0.1) is 12.2 Å². The van der Waals surface area contributed by atoms with Crippen molar-refractivity contribution >= 4 is 44.0 Å². The average Bonchev–Trinajstić information content (AvgIpc) is 3.18. The highest BCUT2D eigenvalue weighted by atomic mass is 79.9. The Bertz CT molecular complexity index is 969. The number of carbonyl (C=O) groups excluding carboxylic acids is 1. The fraction of sp³-hybridized carbons (Fsp3) is 0.238. The average molecular weight is 475 g/mol. The second-order valence-electron chi connectivity index (χ2n) is 6.83. The van der Waals surface area contributed by atoms with Crippen LogP contribution in [0.3, 0.4) is 0 Å². The van der Waals surface area contributed by atoms with Gasteiger partial charge in [0.15, 0.2) is 5.13 Å². The maximum Gasteiger partial charge on any atom is 0.240 e. The topological polar surface area (TPSA) is 48.5 Å². The lowest BCUT2D eigenvalue weighted by molar-refractivity contribution is -0.117. The first-order valence-corrected chi connectivity index (χ1v) is 11.0. The van der Waals surface area contributed by atoms with Crippen molar-refractivity contribution in [3.05, 3.63) is 64.2 Å². The van der Waals surface area contributed by atoms with E-state index < -0.39 is 0 Å². The fourth-order valence-corrected chi connectivity index (χ4v) is 4.26. The standard InChI is InChI=1S/C21H20BrFN4OS/c22-16-3-1-15(2-4-16)19-14-29-21(24-19)25-20(28)13-26-9-11-27(12-10-26)18-7-5-17(23)6-8-18/h1-8,14H,9-13H2,(H,24,25,28). The van der Waals surface area contributed by atoms with Crippen LogP contribution in [0.5, 0.6) is 0 Å². The molecule has 0 bridgehead atoms. The van der Waals surface area contributed by atoms with Crippen molar-refractivity contribution in [1.29, 1.82) is 0 Å². The number of halogens is 2. The minimum absolute atomic E-state index is 0.0584. The molecule has 1 N–H and O–H groups in total. The summed E-state index contributed by atoms with van der Waals surface area (Å²) in [7, 11) is 0. The van der Waals surface area contributed by atoms with Crippen molar-refractivity contribution in [3.8, 4) is 11.3 Å². The maximum atomic E-state index is 13.1. The van der Waals surface area contributed by atoms with Crippen LogP contribution in [0.4, 0.5) is 15.2 Å². The summed E-state index contributed by atoms with van der Waals surface area (Å²) in [6, 6.07) is 14.5. The lowest BCUT2D eigenvalue weighted by Gasteiger charge is -2.35. The molecule has 2 aromatic carbocycles. The van der Waals surface area contributed by atoms with Gasteiger partial charge in [-0.1, -0.05) is 28.1 Å². The van der Waals surface area contributed by atoms with Gasteiger partial charge in [0, 0.05) is 47.3 Å². The zero-order chi connectivity index (χ0) is 20.2. The Morgan fingerprint density at radius 3 is 2.45 bits per heavy atom. The van der Waals surface area contributed by atoms with E-state index in [0.29, 0.717) is 11.7 Å². The molecule has 4 rings (SSSR count). The summed E-state index contributed by atoms with van der Waals surface area (Å²) >= 11 is 4.85. The predicted octanol–water partition coefficient (Wildman–Crippen LogP) is 4.47.